The number of nitrogens with one attached hydrogen (secondary N) is 1. The van der Waals surface area contributed by atoms with Gasteiger partial charge in [-0.25, -0.2) is 4.98 Å². The number of carboxylic acids is 1. The van der Waals surface area contributed by atoms with Crippen molar-refractivity contribution < 1.29 is 9.90 Å². The Labute approximate surface area is 107 Å². The first kappa shape index (κ1) is 11.9. The molecule has 2 N–H and O–H groups in total. The molecule has 0 aliphatic rings. The smallest absolute Gasteiger partial charge is 0.309 e. The highest BCUT2D eigenvalue weighted by atomic mass is 79.9. The van der Waals surface area contributed by atoms with Crippen LogP contribution in [-0.2, 0) is 11.2 Å². The first-order valence-corrected chi connectivity index (χ1v) is 5.89. The summed E-state index contributed by atoms with van der Waals surface area (Å²) in [5.41, 5.74) is 2.66. The monoisotopic (exact) mass is 294 g/mol. The van der Waals surface area contributed by atoms with Crippen molar-refractivity contribution in [3.63, 3.8) is 0 Å². The zero-order chi connectivity index (χ0) is 12.4. The summed E-state index contributed by atoms with van der Waals surface area (Å²) in [4.78, 5) is 17.9. The van der Waals surface area contributed by atoms with Crippen LogP contribution in [-0.4, -0.2) is 21.0 Å². The molecular weight excluding hydrogens is 284 g/mol. The third-order valence-electron chi connectivity index (χ3n) is 2.35. The molecule has 0 saturated heterocycles. The average Bonchev–Trinajstić information content (AvgIpc) is 2.59. The predicted octanol–water partition coefficient (Wildman–Crippen LogP) is 2.77. The number of hydrogen-bond acceptors (Lipinski definition) is 2. The number of aromatic amines is 1. The number of benzene rings is 1. The zero-order valence-electron chi connectivity index (χ0n) is 9.20. The minimum absolute atomic E-state index is 0.0700. The standard InChI is InChI=1S/C12H11BrN2O2/c1-7-3-2-4-8(5-7)12-14-9(6-10(16)17)11(13)15-12/h2-5H,6H2,1H3,(H,14,15)(H,16,17). The van der Waals surface area contributed by atoms with E-state index in [4.69, 9.17) is 5.11 Å². The molecule has 0 spiro atoms. The summed E-state index contributed by atoms with van der Waals surface area (Å²) in [5, 5.41) is 8.75. The number of aliphatic carboxylic acids is 1. The van der Waals surface area contributed by atoms with E-state index in [1.807, 2.05) is 31.2 Å². The number of hydrogen-bond donors (Lipinski definition) is 2. The van der Waals surface area contributed by atoms with Crippen molar-refractivity contribution in [3.8, 4) is 11.4 Å². The minimum Gasteiger partial charge on any atom is -0.481 e. The summed E-state index contributed by atoms with van der Waals surface area (Å²) >= 11 is 3.26. The fraction of sp³-hybridized carbons (Fsp3) is 0.167. The number of carboxylic acid groups (broad SMARTS) is 1. The van der Waals surface area contributed by atoms with Crippen molar-refractivity contribution in [1.29, 1.82) is 0 Å². The molecule has 17 heavy (non-hydrogen) atoms. The lowest BCUT2D eigenvalue weighted by Crippen LogP contribution is -2.00. The maximum absolute atomic E-state index is 10.7. The Bertz CT molecular complexity index is 563. The molecule has 0 aliphatic heterocycles. The molecule has 0 radical (unpaired) electrons. The van der Waals surface area contributed by atoms with Gasteiger partial charge in [0.2, 0.25) is 0 Å². The lowest BCUT2D eigenvalue weighted by molar-refractivity contribution is -0.136. The van der Waals surface area contributed by atoms with E-state index in [9.17, 15) is 4.79 Å². The van der Waals surface area contributed by atoms with Crippen molar-refractivity contribution in [2.45, 2.75) is 13.3 Å². The quantitative estimate of drug-likeness (QED) is 0.915. The Hall–Kier alpha value is -1.62. The van der Waals surface area contributed by atoms with Crippen LogP contribution in [0.2, 0.25) is 0 Å². The molecule has 1 aromatic carbocycles. The van der Waals surface area contributed by atoms with E-state index in [2.05, 4.69) is 25.9 Å². The highest BCUT2D eigenvalue weighted by Crippen LogP contribution is 2.22. The van der Waals surface area contributed by atoms with E-state index in [0.29, 0.717) is 16.1 Å². The number of aryl methyl sites for hydroxylation is 1. The molecule has 0 bridgehead atoms. The highest BCUT2D eigenvalue weighted by molar-refractivity contribution is 9.10. The molecule has 0 unspecified atom stereocenters. The number of H-pyrrole nitrogens is 1. The maximum atomic E-state index is 10.7. The normalized spacial score (nSPS) is 10.5. The summed E-state index contributed by atoms with van der Waals surface area (Å²) in [6.07, 6.45) is -0.0700. The summed E-state index contributed by atoms with van der Waals surface area (Å²) in [7, 11) is 0. The first-order chi connectivity index (χ1) is 8.06. The van der Waals surface area contributed by atoms with Crippen LogP contribution in [0.15, 0.2) is 28.9 Å². The van der Waals surface area contributed by atoms with Crippen molar-refractivity contribution in [2.75, 3.05) is 0 Å². The van der Waals surface area contributed by atoms with Crippen LogP contribution in [0, 0.1) is 6.92 Å². The van der Waals surface area contributed by atoms with Crippen LogP contribution < -0.4 is 0 Å². The lowest BCUT2D eigenvalue weighted by atomic mass is 10.1. The zero-order valence-corrected chi connectivity index (χ0v) is 10.8. The second kappa shape index (κ2) is 4.71. The molecular formula is C12H11BrN2O2. The number of imidazole rings is 1. The van der Waals surface area contributed by atoms with E-state index < -0.39 is 5.97 Å². The number of carbonyl (C=O) groups is 1. The summed E-state index contributed by atoms with van der Waals surface area (Å²) in [5.74, 6) is -0.207. The number of aromatic nitrogens is 2. The SMILES string of the molecule is Cc1cccc(-c2nc(Br)c(CC(=O)O)[nH]2)c1. The van der Waals surface area contributed by atoms with Crippen LogP contribution in [0.1, 0.15) is 11.3 Å². The Morgan fingerprint density at radius 3 is 2.94 bits per heavy atom. The molecule has 2 aromatic rings. The number of nitrogens with zero attached hydrogens (tertiary/aromatic N) is 1. The summed E-state index contributed by atoms with van der Waals surface area (Å²) in [6.45, 7) is 2.00. The predicted molar refractivity (Wildman–Crippen MR) is 67.8 cm³/mol. The van der Waals surface area contributed by atoms with E-state index in [1.165, 1.54) is 0 Å². The van der Waals surface area contributed by atoms with Crippen LogP contribution >= 0.6 is 15.9 Å². The molecule has 0 saturated carbocycles. The minimum atomic E-state index is -0.884. The van der Waals surface area contributed by atoms with E-state index in [1.54, 1.807) is 0 Å². The van der Waals surface area contributed by atoms with E-state index in [0.717, 1.165) is 11.1 Å². The van der Waals surface area contributed by atoms with Crippen LogP contribution in [0.4, 0.5) is 0 Å². The van der Waals surface area contributed by atoms with Gasteiger partial charge in [-0.3, -0.25) is 4.79 Å². The molecule has 1 aromatic heterocycles. The van der Waals surface area contributed by atoms with Crippen LogP contribution in [0.3, 0.4) is 0 Å². The molecule has 88 valence electrons. The summed E-state index contributed by atoms with van der Waals surface area (Å²) < 4.78 is 0.552. The van der Waals surface area contributed by atoms with Crippen molar-refractivity contribution in [2.24, 2.45) is 0 Å². The lowest BCUT2D eigenvalue weighted by Gasteiger charge is -1.97. The highest BCUT2D eigenvalue weighted by Gasteiger charge is 2.12. The Morgan fingerprint density at radius 1 is 1.53 bits per heavy atom. The molecule has 1 heterocycles. The van der Waals surface area contributed by atoms with Crippen molar-refractivity contribution in [1.82, 2.24) is 9.97 Å². The summed E-state index contributed by atoms with van der Waals surface area (Å²) in [6, 6.07) is 7.87. The molecule has 0 aliphatic carbocycles. The van der Waals surface area contributed by atoms with Gasteiger partial charge in [0.1, 0.15) is 10.4 Å². The van der Waals surface area contributed by atoms with Gasteiger partial charge in [-0.1, -0.05) is 23.8 Å². The topological polar surface area (TPSA) is 66.0 Å². The van der Waals surface area contributed by atoms with Gasteiger partial charge < -0.3 is 10.1 Å². The third kappa shape index (κ3) is 2.74. The van der Waals surface area contributed by atoms with Gasteiger partial charge in [-0.05, 0) is 28.9 Å². The van der Waals surface area contributed by atoms with Crippen molar-refractivity contribution in [3.05, 3.63) is 40.1 Å². The number of rotatable bonds is 3. The molecule has 0 atom stereocenters. The first-order valence-electron chi connectivity index (χ1n) is 5.09. The van der Waals surface area contributed by atoms with Gasteiger partial charge in [0.15, 0.2) is 0 Å². The fourth-order valence-corrected chi connectivity index (χ4v) is 2.00. The second-order valence-electron chi connectivity index (χ2n) is 3.79. The second-order valence-corrected chi connectivity index (χ2v) is 4.55. The van der Waals surface area contributed by atoms with Gasteiger partial charge in [0.05, 0.1) is 12.1 Å². The van der Waals surface area contributed by atoms with Crippen LogP contribution in [0.5, 0.6) is 0 Å². The Kier molecular flexibility index (Phi) is 3.28. The molecule has 4 nitrogen and oxygen atoms in total. The fourth-order valence-electron chi connectivity index (χ4n) is 1.59. The van der Waals surface area contributed by atoms with E-state index in [-0.39, 0.29) is 6.42 Å². The Morgan fingerprint density at radius 2 is 2.29 bits per heavy atom. The Balaban J connectivity index is 2.37. The van der Waals surface area contributed by atoms with Crippen molar-refractivity contribution >= 4 is 21.9 Å². The van der Waals surface area contributed by atoms with E-state index >= 15 is 0 Å². The maximum Gasteiger partial charge on any atom is 0.309 e. The van der Waals surface area contributed by atoms with Gasteiger partial charge in [-0.15, -0.1) is 0 Å². The third-order valence-corrected chi connectivity index (χ3v) is 3.00. The molecule has 0 fully saturated rings. The van der Waals surface area contributed by atoms with Gasteiger partial charge >= 0.3 is 5.97 Å². The molecule has 5 heteroatoms. The van der Waals surface area contributed by atoms with Crippen LogP contribution in [0.25, 0.3) is 11.4 Å². The van der Waals surface area contributed by atoms with Gasteiger partial charge in [-0.2, -0.15) is 0 Å². The molecule has 2 rings (SSSR count). The average molecular weight is 295 g/mol. The largest absolute Gasteiger partial charge is 0.481 e. The molecule has 0 amide bonds. The van der Waals surface area contributed by atoms with Gasteiger partial charge in [0, 0.05) is 5.56 Å². The van der Waals surface area contributed by atoms with Gasteiger partial charge in [0.25, 0.3) is 0 Å². The number of halogens is 1.